The van der Waals surface area contributed by atoms with Crippen LogP contribution in [0.5, 0.6) is 0 Å². The van der Waals surface area contributed by atoms with Crippen molar-refractivity contribution in [3.63, 3.8) is 0 Å². The van der Waals surface area contributed by atoms with E-state index in [4.69, 9.17) is 5.11 Å². The van der Waals surface area contributed by atoms with Gasteiger partial charge in [-0.3, -0.25) is 9.69 Å². The molecule has 4 aromatic rings. The second-order valence-electron chi connectivity index (χ2n) is 8.06. The van der Waals surface area contributed by atoms with Crippen LogP contribution in [0.3, 0.4) is 0 Å². The van der Waals surface area contributed by atoms with Crippen LogP contribution in [-0.2, 0) is 11.2 Å². The molecule has 0 aromatic heterocycles. The van der Waals surface area contributed by atoms with Gasteiger partial charge in [-0.15, -0.1) is 0 Å². The number of anilines is 2. The lowest BCUT2D eigenvalue weighted by atomic mass is 10.1. The van der Waals surface area contributed by atoms with E-state index in [1.807, 2.05) is 116 Å². The maximum absolute atomic E-state index is 13.4. The number of nitrogens with zero attached hydrogens (tertiary/aromatic N) is 1. The summed E-state index contributed by atoms with van der Waals surface area (Å²) >= 11 is 1.58. The van der Waals surface area contributed by atoms with Crippen molar-refractivity contribution in [3.8, 4) is 0 Å². The minimum Gasteiger partial charge on any atom is -0.481 e. The van der Waals surface area contributed by atoms with Gasteiger partial charge < -0.3 is 10.4 Å². The number of carboxylic acid groups (broad SMARTS) is 1. The Bertz CT molecular complexity index is 1260. The monoisotopic (exact) mass is 482 g/mol. The molecular weight excluding hydrogens is 456 g/mol. The summed E-state index contributed by atoms with van der Waals surface area (Å²) in [5.74, 6) is -0.841. The van der Waals surface area contributed by atoms with E-state index >= 15 is 0 Å². The van der Waals surface area contributed by atoms with Gasteiger partial charge in [-0.25, -0.2) is 4.79 Å². The molecule has 0 fully saturated rings. The molecule has 6 heteroatoms. The molecule has 0 bridgehead atoms. The molecule has 0 aliphatic carbocycles. The SMILES string of the molecule is CC(c1ccccc1)N(C(=O)Nc1ccccc1)c1ccc(Sc2ccc(CC(=O)O)cc2)cc1. The number of amides is 2. The zero-order chi connectivity index (χ0) is 24.6. The first-order valence-electron chi connectivity index (χ1n) is 11.3. The Morgan fingerprint density at radius 3 is 1.91 bits per heavy atom. The fourth-order valence-electron chi connectivity index (χ4n) is 3.76. The van der Waals surface area contributed by atoms with Gasteiger partial charge in [0.25, 0.3) is 0 Å². The Hall–Kier alpha value is -4.03. The van der Waals surface area contributed by atoms with E-state index in [1.165, 1.54) is 0 Å². The molecule has 2 amide bonds. The number of nitrogens with one attached hydrogen (secondary N) is 1. The third-order valence-electron chi connectivity index (χ3n) is 5.54. The van der Waals surface area contributed by atoms with Gasteiger partial charge in [0.2, 0.25) is 0 Å². The van der Waals surface area contributed by atoms with E-state index in [2.05, 4.69) is 5.32 Å². The molecule has 0 saturated heterocycles. The average Bonchev–Trinajstić information content (AvgIpc) is 2.87. The number of carbonyl (C=O) groups excluding carboxylic acids is 1. The maximum atomic E-state index is 13.4. The normalized spacial score (nSPS) is 11.5. The van der Waals surface area contributed by atoms with E-state index in [9.17, 15) is 9.59 Å². The number of para-hydroxylation sites is 1. The second kappa shape index (κ2) is 11.4. The zero-order valence-electron chi connectivity index (χ0n) is 19.3. The van der Waals surface area contributed by atoms with E-state index in [0.717, 1.165) is 32.3 Å². The Labute approximate surface area is 209 Å². The van der Waals surface area contributed by atoms with Crippen molar-refractivity contribution in [1.29, 1.82) is 0 Å². The van der Waals surface area contributed by atoms with Crippen molar-refractivity contribution in [1.82, 2.24) is 0 Å². The Kier molecular flexibility index (Phi) is 7.85. The average molecular weight is 483 g/mol. The number of urea groups is 1. The molecule has 2 N–H and O–H groups in total. The number of carboxylic acids is 1. The van der Waals surface area contributed by atoms with Crippen LogP contribution in [0.4, 0.5) is 16.2 Å². The summed E-state index contributed by atoms with van der Waals surface area (Å²) in [4.78, 5) is 28.1. The second-order valence-corrected chi connectivity index (χ2v) is 9.21. The predicted molar refractivity (Wildman–Crippen MR) is 141 cm³/mol. The summed E-state index contributed by atoms with van der Waals surface area (Å²) in [6.45, 7) is 2.02. The molecule has 176 valence electrons. The van der Waals surface area contributed by atoms with Crippen molar-refractivity contribution in [3.05, 3.63) is 120 Å². The van der Waals surface area contributed by atoms with Crippen LogP contribution in [0.25, 0.3) is 0 Å². The lowest BCUT2D eigenvalue weighted by Crippen LogP contribution is -2.37. The van der Waals surface area contributed by atoms with Crippen molar-refractivity contribution in [2.24, 2.45) is 0 Å². The molecule has 0 aliphatic rings. The summed E-state index contributed by atoms with van der Waals surface area (Å²) < 4.78 is 0. The molecule has 1 unspecified atom stereocenters. The van der Waals surface area contributed by atoms with Gasteiger partial charge in [0.1, 0.15) is 0 Å². The maximum Gasteiger partial charge on any atom is 0.326 e. The Morgan fingerprint density at radius 2 is 1.34 bits per heavy atom. The van der Waals surface area contributed by atoms with Gasteiger partial charge in [0, 0.05) is 21.2 Å². The summed E-state index contributed by atoms with van der Waals surface area (Å²) in [6.07, 6.45) is 0.0140. The lowest BCUT2D eigenvalue weighted by Gasteiger charge is -2.30. The molecule has 0 saturated carbocycles. The third-order valence-corrected chi connectivity index (χ3v) is 6.56. The van der Waals surface area contributed by atoms with Gasteiger partial charge in [0.15, 0.2) is 0 Å². The number of benzene rings is 4. The highest BCUT2D eigenvalue weighted by atomic mass is 32.2. The van der Waals surface area contributed by atoms with Crippen LogP contribution in [0, 0.1) is 0 Å². The molecule has 0 aliphatic heterocycles. The van der Waals surface area contributed by atoms with Crippen LogP contribution in [0.2, 0.25) is 0 Å². The molecular formula is C29H26N2O3S. The zero-order valence-corrected chi connectivity index (χ0v) is 20.1. The largest absolute Gasteiger partial charge is 0.481 e. The molecule has 0 spiro atoms. The Balaban J connectivity index is 1.55. The van der Waals surface area contributed by atoms with E-state index < -0.39 is 5.97 Å². The minimum atomic E-state index is -0.841. The molecule has 35 heavy (non-hydrogen) atoms. The predicted octanol–water partition coefficient (Wildman–Crippen LogP) is 7.26. The first kappa shape index (κ1) is 24.1. The fourth-order valence-corrected chi connectivity index (χ4v) is 4.58. The van der Waals surface area contributed by atoms with Gasteiger partial charge in [-0.05, 0) is 66.6 Å². The minimum absolute atomic E-state index is 0.0140. The van der Waals surface area contributed by atoms with Gasteiger partial charge in [-0.1, -0.05) is 72.4 Å². The number of hydrogen-bond acceptors (Lipinski definition) is 3. The molecule has 0 heterocycles. The molecule has 0 radical (unpaired) electrons. The summed E-state index contributed by atoms with van der Waals surface area (Å²) in [5, 5.41) is 11.9. The fraction of sp³-hybridized carbons (Fsp3) is 0.103. The van der Waals surface area contributed by atoms with Crippen molar-refractivity contribution in [2.75, 3.05) is 10.2 Å². The van der Waals surface area contributed by atoms with Gasteiger partial charge in [0.05, 0.1) is 12.5 Å². The number of carbonyl (C=O) groups is 2. The standard InChI is InChI=1S/C29H26N2O3S/c1-21(23-8-4-2-5-9-23)31(29(34)30-24-10-6-3-7-11-24)25-14-18-27(19-15-25)35-26-16-12-22(13-17-26)20-28(32)33/h2-19,21H,20H2,1H3,(H,30,34)(H,32,33). The van der Waals surface area contributed by atoms with Gasteiger partial charge in [-0.2, -0.15) is 0 Å². The third kappa shape index (κ3) is 6.52. The van der Waals surface area contributed by atoms with Crippen molar-refractivity contribution in [2.45, 2.75) is 29.2 Å². The highest BCUT2D eigenvalue weighted by Crippen LogP contribution is 2.32. The van der Waals surface area contributed by atoms with Crippen LogP contribution in [0.15, 0.2) is 119 Å². The van der Waals surface area contributed by atoms with Crippen LogP contribution in [-0.4, -0.2) is 17.1 Å². The van der Waals surface area contributed by atoms with Crippen molar-refractivity contribution < 1.29 is 14.7 Å². The first-order valence-corrected chi connectivity index (χ1v) is 12.1. The molecule has 1 atom stereocenters. The quantitative estimate of drug-likeness (QED) is 0.277. The summed E-state index contributed by atoms with van der Waals surface area (Å²) in [5.41, 5.74) is 3.33. The van der Waals surface area contributed by atoms with E-state index in [1.54, 1.807) is 16.7 Å². The molecule has 4 rings (SSSR count). The van der Waals surface area contributed by atoms with Crippen LogP contribution >= 0.6 is 11.8 Å². The number of rotatable bonds is 8. The van der Waals surface area contributed by atoms with E-state index in [0.29, 0.717) is 0 Å². The van der Waals surface area contributed by atoms with E-state index in [-0.39, 0.29) is 18.5 Å². The molecule has 5 nitrogen and oxygen atoms in total. The lowest BCUT2D eigenvalue weighted by molar-refractivity contribution is -0.136. The smallest absolute Gasteiger partial charge is 0.326 e. The first-order chi connectivity index (χ1) is 17.0. The molecule has 4 aromatic carbocycles. The number of aliphatic carboxylic acids is 1. The van der Waals surface area contributed by atoms with Gasteiger partial charge >= 0.3 is 12.0 Å². The summed E-state index contributed by atoms with van der Waals surface area (Å²) in [7, 11) is 0. The van der Waals surface area contributed by atoms with Crippen LogP contribution in [0.1, 0.15) is 24.1 Å². The summed E-state index contributed by atoms with van der Waals surface area (Å²) in [6, 6.07) is 34.4. The number of hydrogen-bond donors (Lipinski definition) is 2. The van der Waals surface area contributed by atoms with Crippen LogP contribution < -0.4 is 10.2 Å². The highest BCUT2D eigenvalue weighted by Gasteiger charge is 2.23. The van der Waals surface area contributed by atoms with Crippen molar-refractivity contribution >= 4 is 35.1 Å². The highest BCUT2D eigenvalue weighted by molar-refractivity contribution is 7.99. The topological polar surface area (TPSA) is 69.6 Å². The Morgan fingerprint density at radius 1 is 0.800 bits per heavy atom.